The van der Waals surface area contributed by atoms with Gasteiger partial charge in [-0.1, -0.05) is 6.07 Å². The fourth-order valence-corrected chi connectivity index (χ4v) is 1.41. The molecule has 1 aliphatic rings. The van der Waals surface area contributed by atoms with Crippen LogP contribution in [0, 0.1) is 0 Å². The average Bonchev–Trinajstić information content (AvgIpc) is 2.11. The van der Waals surface area contributed by atoms with E-state index in [9.17, 15) is 15.0 Å². The predicted molar refractivity (Wildman–Crippen MR) is 53.9 cm³/mol. The average molecular weight is 208 g/mol. The lowest BCUT2D eigenvalue weighted by molar-refractivity contribution is 0.0918. The van der Waals surface area contributed by atoms with Crippen molar-refractivity contribution < 1.29 is 15.0 Å². The SMILES string of the molecule is O=C(NC1CNC1)c1c(O)cccc1O. The van der Waals surface area contributed by atoms with Gasteiger partial charge in [0, 0.05) is 13.1 Å². The normalized spacial score (nSPS) is 15.7. The molecule has 5 nitrogen and oxygen atoms in total. The number of phenolic OH excluding ortho intramolecular Hbond substituents is 2. The van der Waals surface area contributed by atoms with Gasteiger partial charge in [-0.05, 0) is 12.1 Å². The molecule has 1 fully saturated rings. The van der Waals surface area contributed by atoms with Crippen LogP contribution in [0.25, 0.3) is 0 Å². The van der Waals surface area contributed by atoms with Crippen molar-refractivity contribution in [2.75, 3.05) is 13.1 Å². The highest BCUT2D eigenvalue weighted by molar-refractivity contribution is 5.99. The Morgan fingerprint density at radius 3 is 2.40 bits per heavy atom. The van der Waals surface area contributed by atoms with Gasteiger partial charge in [-0.3, -0.25) is 4.79 Å². The summed E-state index contributed by atoms with van der Waals surface area (Å²) in [4.78, 5) is 11.6. The van der Waals surface area contributed by atoms with E-state index in [1.54, 1.807) is 0 Å². The molecule has 80 valence electrons. The van der Waals surface area contributed by atoms with Gasteiger partial charge < -0.3 is 20.8 Å². The monoisotopic (exact) mass is 208 g/mol. The van der Waals surface area contributed by atoms with E-state index >= 15 is 0 Å². The van der Waals surface area contributed by atoms with Crippen molar-refractivity contribution in [3.05, 3.63) is 23.8 Å². The fourth-order valence-electron chi connectivity index (χ4n) is 1.41. The lowest BCUT2D eigenvalue weighted by Crippen LogP contribution is -2.56. The molecule has 0 aliphatic carbocycles. The Hall–Kier alpha value is -1.75. The molecular weight excluding hydrogens is 196 g/mol. The number of carbonyl (C=O) groups is 1. The Labute approximate surface area is 86.7 Å². The Balaban J connectivity index is 2.16. The van der Waals surface area contributed by atoms with E-state index in [4.69, 9.17) is 0 Å². The zero-order valence-electron chi connectivity index (χ0n) is 8.03. The number of benzene rings is 1. The second-order valence-electron chi connectivity index (χ2n) is 3.50. The Bertz CT molecular complexity index is 368. The van der Waals surface area contributed by atoms with Crippen LogP contribution in [0.15, 0.2) is 18.2 Å². The maximum atomic E-state index is 11.6. The molecule has 1 aromatic rings. The van der Waals surface area contributed by atoms with Crippen molar-refractivity contribution in [2.24, 2.45) is 0 Å². The smallest absolute Gasteiger partial charge is 0.259 e. The van der Waals surface area contributed by atoms with Crippen LogP contribution in [0.2, 0.25) is 0 Å². The van der Waals surface area contributed by atoms with Crippen molar-refractivity contribution in [3.63, 3.8) is 0 Å². The first-order valence-corrected chi connectivity index (χ1v) is 4.71. The van der Waals surface area contributed by atoms with Gasteiger partial charge >= 0.3 is 0 Å². The van der Waals surface area contributed by atoms with Gasteiger partial charge in [0.2, 0.25) is 0 Å². The van der Waals surface area contributed by atoms with Gasteiger partial charge in [-0.15, -0.1) is 0 Å². The Morgan fingerprint density at radius 2 is 1.93 bits per heavy atom. The molecule has 1 saturated heterocycles. The predicted octanol–water partition coefficient (Wildman–Crippen LogP) is -0.201. The second-order valence-corrected chi connectivity index (χ2v) is 3.50. The van der Waals surface area contributed by atoms with Crippen LogP contribution in [0.3, 0.4) is 0 Å². The van der Waals surface area contributed by atoms with Crippen LogP contribution < -0.4 is 10.6 Å². The molecule has 15 heavy (non-hydrogen) atoms. The third kappa shape index (κ3) is 1.87. The first kappa shape index (κ1) is 9.79. The Kier molecular flexibility index (Phi) is 2.47. The van der Waals surface area contributed by atoms with Crippen LogP contribution in [0.1, 0.15) is 10.4 Å². The number of amides is 1. The van der Waals surface area contributed by atoms with Gasteiger partial charge in [0.15, 0.2) is 0 Å². The van der Waals surface area contributed by atoms with Crippen molar-refractivity contribution in [3.8, 4) is 11.5 Å². The highest BCUT2D eigenvalue weighted by atomic mass is 16.3. The summed E-state index contributed by atoms with van der Waals surface area (Å²) in [7, 11) is 0. The summed E-state index contributed by atoms with van der Waals surface area (Å²) in [5.74, 6) is -0.864. The third-order valence-corrected chi connectivity index (χ3v) is 2.36. The van der Waals surface area contributed by atoms with Crippen LogP contribution in [0.5, 0.6) is 11.5 Å². The van der Waals surface area contributed by atoms with Crippen LogP contribution >= 0.6 is 0 Å². The summed E-state index contributed by atoms with van der Waals surface area (Å²) >= 11 is 0. The molecule has 0 saturated carbocycles. The van der Waals surface area contributed by atoms with Gasteiger partial charge in [0.25, 0.3) is 5.91 Å². The number of hydrogen-bond donors (Lipinski definition) is 4. The van der Waals surface area contributed by atoms with Crippen LogP contribution in [0.4, 0.5) is 0 Å². The number of carbonyl (C=O) groups excluding carboxylic acids is 1. The number of hydrogen-bond acceptors (Lipinski definition) is 4. The maximum Gasteiger partial charge on any atom is 0.259 e. The minimum Gasteiger partial charge on any atom is -0.507 e. The molecular formula is C10H12N2O3. The van der Waals surface area contributed by atoms with E-state index in [-0.39, 0.29) is 23.1 Å². The quantitative estimate of drug-likeness (QED) is 0.542. The second kappa shape index (κ2) is 3.78. The van der Waals surface area contributed by atoms with Crippen molar-refractivity contribution in [1.29, 1.82) is 0 Å². The first-order valence-electron chi connectivity index (χ1n) is 4.71. The number of nitrogens with one attached hydrogen (secondary N) is 2. The zero-order chi connectivity index (χ0) is 10.8. The number of aromatic hydroxyl groups is 2. The summed E-state index contributed by atoms with van der Waals surface area (Å²) in [6.45, 7) is 1.44. The Morgan fingerprint density at radius 1 is 1.33 bits per heavy atom. The van der Waals surface area contributed by atoms with Gasteiger partial charge in [-0.25, -0.2) is 0 Å². The molecule has 0 bridgehead atoms. The van der Waals surface area contributed by atoms with Crippen molar-refractivity contribution in [1.82, 2.24) is 10.6 Å². The van der Waals surface area contributed by atoms with E-state index in [1.807, 2.05) is 0 Å². The maximum absolute atomic E-state index is 11.6. The highest BCUT2D eigenvalue weighted by Crippen LogP contribution is 2.25. The molecule has 2 rings (SSSR count). The van der Waals surface area contributed by atoms with E-state index in [1.165, 1.54) is 18.2 Å². The largest absolute Gasteiger partial charge is 0.507 e. The van der Waals surface area contributed by atoms with E-state index in [2.05, 4.69) is 10.6 Å². The number of phenols is 2. The highest BCUT2D eigenvalue weighted by Gasteiger charge is 2.22. The van der Waals surface area contributed by atoms with Gasteiger partial charge in [0.1, 0.15) is 17.1 Å². The van der Waals surface area contributed by atoms with Crippen LogP contribution in [-0.2, 0) is 0 Å². The zero-order valence-corrected chi connectivity index (χ0v) is 8.03. The minimum atomic E-state index is -0.447. The van der Waals surface area contributed by atoms with Crippen molar-refractivity contribution in [2.45, 2.75) is 6.04 Å². The van der Waals surface area contributed by atoms with Gasteiger partial charge in [0.05, 0.1) is 6.04 Å². The van der Waals surface area contributed by atoms with Crippen molar-refractivity contribution >= 4 is 5.91 Å². The molecule has 0 atom stereocenters. The molecule has 0 spiro atoms. The minimum absolute atomic E-state index is 0.0654. The molecule has 1 aromatic carbocycles. The third-order valence-electron chi connectivity index (χ3n) is 2.36. The lowest BCUT2D eigenvalue weighted by Gasteiger charge is -2.28. The summed E-state index contributed by atoms with van der Waals surface area (Å²) in [5.41, 5.74) is -0.0654. The molecule has 0 unspecified atom stereocenters. The topological polar surface area (TPSA) is 81.6 Å². The molecule has 1 heterocycles. The van der Waals surface area contributed by atoms with E-state index < -0.39 is 5.91 Å². The standard InChI is InChI=1S/C10H12N2O3/c13-7-2-1-3-8(14)9(7)10(15)12-6-4-11-5-6/h1-3,6,11,13-14H,4-5H2,(H,12,15). The van der Waals surface area contributed by atoms with E-state index in [0.29, 0.717) is 0 Å². The summed E-state index contributed by atoms with van der Waals surface area (Å²) in [6.07, 6.45) is 0. The molecule has 1 amide bonds. The molecule has 1 aliphatic heterocycles. The van der Waals surface area contributed by atoms with Gasteiger partial charge in [-0.2, -0.15) is 0 Å². The molecule has 4 N–H and O–H groups in total. The van der Waals surface area contributed by atoms with Crippen LogP contribution in [-0.4, -0.2) is 35.3 Å². The fraction of sp³-hybridized carbons (Fsp3) is 0.300. The molecule has 0 aromatic heterocycles. The molecule has 5 heteroatoms. The lowest BCUT2D eigenvalue weighted by atomic mass is 10.1. The van der Waals surface area contributed by atoms with E-state index in [0.717, 1.165) is 13.1 Å². The number of rotatable bonds is 2. The molecule has 0 radical (unpaired) electrons. The first-order chi connectivity index (χ1) is 7.18. The summed E-state index contributed by atoms with van der Waals surface area (Å²) in [6, 6.07) is 4.30. The summed E-state index contributed by atoms with van der Waals surface area (Å²) in [5, 5.41) is 24.6. The summed E-state index contributed by atoms with van der Waals surface area (Å²) < 4.78 is 0.